The molecule has 0 spiro atoms. The molecule has 1 unspecified atom stereocenters. The summed E-state index contributed by atoms with van der Waals surface area (Å²) in [7, 11) is 0. The standard InChI is InChI=1S/C73H132O6/c1-4-7-10-13-16-19-22-25-27-28-29-30-31-32-33-34-35-36-37-38-39-40-41-42-43-44-45-46-47-49-51-54-57-60-63-66-72(75)78-69-70(68-77-71(74)65-62-59-56-53-50-24-21-18-15-12-9-6-3)79-73(76)67-64-61-58-55-52-48-26-23-20-17-14-11-8-5-2/h7,10,16,19,23,25-27,29-30,70H,4-6,8-9,11-15,17-18,20-22,24,28,31-69H2,1-3H3/b10-7-,19-16-,26-23-,27-25-,30-29-. The maximum absolute atomic E-state index is 12.9. The van der Waals surface area contributed by atoms with E-state index in [1.54, 1.807) is 0 Å². The van der Waals surface area contributed by atoms with Gasteiger partial charge in [-0.15, -0.1) is 0 Å². The molecule has 0 rings (SSSR count). The molecule has 79 heavy (non-hydrogen) atoms. The van der Waals surface area contributed by atoms with Crippen molar-refractivity contribution in [2.24, 2.45) is 0 Å². The molecule has 6 heteroatoms. The van der Waals surface area contributed by atoms with Gasteiger partial charge in [0.15, 0.2) is 6.10 Å². The highest BCUT2D eigenvalue weighted by molar-refractivity contribution is 5.71. The molecular weight excluding hydrogens is 973 g/mol. The van der Waals surface area contributed by atoms with E-state index in [4.69, 9.17) is 14.2 Å². The summed E-state index contributed by atoms with van der Waals surface area (Å²) in [5.41, 5.74) is 0. The fourth-order valence-electron chi connectivity index (χ4n) is 10.3. The summed E-state index contributed by atoms with van der Waals surface area (Å²) < 4.78 is 16.9. The van der Waals surface area contributed by atoms with E-state index in [9.17, 15) is 14.4 Å². The number of allylic oxidation sites excluding steroid dienone is 10. The van der Waals surface area contributed by atoms with Crippen LogP contribution in [0.1, 0.15) is 367 Å². The Hall–Kier alpha value is -2.89. The van der Waals surface area contributed by atoms with Crippen LogP contribution < -0.4 is 0 Å². The molecule has 0 aromatic rings. The zero-order valence-electron chi connectivity index (χ0n) is 52.9. The van der Waals surface area contributed by atoms with Gasteiger partial charge >= 0.3 is 17.9 Å². The summed E-state index contributed by atoms with van der Waals surface area (Å²) in [6.45, 7) is 6.56. The largest absolute Gasteiger partial charge is 0.462 e. The van der Waals surface area contributed by atoms with Crippen LogP contribution in [0.4, 0.5) is 0 Å². The second-order valence-corrected chi connectivity index (χ2v) is 23.4. The number of unbranched alkanes of at least 4 members (excludes halogenated alkanes) is 43. The van der Waals surface area contributed by atoms with Crippen LogP contribution >= 0.6 is 0 Å². The van der Waals surface area contributed by atoms with Crippen molar-refractivity contribution in [2.45, 2.75) is 374 Å². The molecule has 0 aliphatic carbocycles. The first-order valence-electron chi connectivity index (χ1n) is 34.8. The normalized spacial score (nSPS) is 12.4. The molecule has 0 aliphatic heterocycles. The van der Waals surface area contributed by atoms with E-state index in [0.717, 1.165) is 89.9 Å². The lowest BCUT2D eigenvalue weighted by Crippen LogP contribution is -2.30. The minimum atomic E-state index is -0.773. The van der Waals surface area contributed by atoms with Crippen molar-refractivity contribution in [3.05, 3.63) is 60.8 Å². The van der Waals surface area contributed by atoms with Crippen LogP contribution in [0.25, 0.3) is 0 Å². The second-order valence-electron chi connectivity index (χ2n) is 23.4. The van der Waals surface area contributed by atoms with Crippen molar-refractivity contribution >= 4 is 17.9 Å². The Morgan fingerprint density at radius 3 is 0.785 bits per heavy atom. The summed E-state index contributed by atoms with van der Waals surface area (Å²) in [5, 5.41) is 0. The fraction of sp³-hybridized carbons (Fsp3) is 0.822. The topological polar surface area (TPSA) is 78.9 Å². The van der Waals surface area contributed by atoms with Crippen LogP contribution in [-0.4, -0.2) is 37.2 Å². The van der Waals surface area contributed by atoms with Crippen molar-refractivity contribution in [1.82, 2.24) is 0 Å². The van der Waals surface area contributed by atoms with E-state index in [2.05, 4.69) is 81.5 Å². The van der Waals surface area contributed by atoms with E-state index >= 15 is 0 Å². The van der Waals surface area contributed by atoms with Gasteiger partial charge < -0.3 is 14.2 Å². The number of carbonyl (C=O) groups excluding carboxylic acids is 3. The first-order valence-corrected chi connectivity index (χ1v) is 34.8. The van der Waals surface area contributed by atoms with Gasteiger partial charge in [0.05, 0.1) is 0 Å². The minimum Gasteiger partial charge on any atom is -0.462 e. The van der Waals surface area contributed by atoms with Crippen LogP contribution in [0.15, 0.2) is 60.8 Å². The first-order chi connectivity index (χ1) is 39.0. The lowest BCUT2D eigenvalue weighted by Gasteiger charge is -2.18. The molecule has 0 heterocycles. The molecule has 0 fully saturated rings. The predicted molar refractivity (Wildman–Crippen MR) is 344 cm³/mol. The quantitative estimate of drug-likeness (QED) is 0.0261. The Bertz CT molecular complexity index is 1410. The summed E-state index contributed by atoms with van der Waals surface area (Å²) in [5.74, 6) is -0.856. The molecule has 6 nitrogen and oxygen atoms in total. The zero-order chi connectivity index (χ0) is 57.1. The number of esters is 3. The summed E-state index contributed by atoms with van der Waals surface area (Å²) in [6.07, 6.45) is 86.9. The van der Waals surface area contributed by atoms with Crippen molar-refractivity contribution in [1.29, 1.82) is 0 Å². The highest BCUT2D eigenvalue weighted by Crippen LogP contribution is 2.18. The SMILES string of the molecule is CC/C=C\C/C=C\C/C=C\C/C=C\CCCCCCCCCCCCCCCCCCCCCCCCC(=O)OCC(COC(=O)CCCCCCCCCCCCCC)OC(=O)CCCCCCC/C=C\CCCCCCC. The van der Waals surface area contributed by atoms with Crippen molar-refractivity contribution in [3.63, 3.8) is 0 Å². The number of hydrogen-bond donors (Lipinski definition) is 0. The third kappa shape index (κ3) is 65.8. The van der Waals surface area contributed by atoms with Gasteiger partial charge in [0.25, 0.3) is 0 Å². The van der Waals surface area contributed by atoms with E-state index in [-0.39, 0.29) is 31.1 Å². The lowest BCUT2D eigenvalue weighted by atomic mass is 10.0. The van der Waals surface area contributed by atoms with Crippen LogP contribution in [-0.2, 0) is 28.6 Å². The summed E-state index contributed by atoms with van der Waals surface area (Å²) >= 11 is 0. The Morgan fingerprint density at radius 2 is 0.494 bits per heavy atom. The second kappa shape index (κ2) is 67.6. The molecule has 0 N–H and O–H groups in total. The Balaban J connectivity index is 4.04. The maximum Gasteiger partial charge on any atom is 0.306 e. The first kappa shape index (κ1) is 76.1. The van der Waals surface area contributed by atoms with Gasteiger partial charge in [0.2, 0.25) is 0 Å². The Morgan fingerprint density at radius 1 is 0.266 bits per heavy atom. The Kier molecular flexibility index (Phi) is 65.1. The van der Waals surface area contributed by atoms with Crippen LogP contribution in [0, 0.1) is 0 Å². The van der Waals surface area contributed by atoms with E-state index in [1.807, 2.05) is 0 Å². The monoisotopic (exact) mass is 1110 g/mol. The maximum atomic E-state index is 12.9. The molecule has 0 saturated carbocycles. The number of ether oxygens (including phenoxy) is 3. The van der Waals surface area contributed by atoms with Crippen molar-refractivity contribution in [2.75, 3.05) is 13.2 Å². The van der Waals surface area contributed by atoms with Gasteiger partial charge in [-0.25, -0.2) is 0 Å². The fourth-order valence-corrected chi connectivity index (χ4v) is 10.3. The smallest absolute Gasteiger partial charge is 0.306 e. The van der Waals surface area contributed by atoms with E-state index in [0.29, 0.717) is 19.3 Å². The third-order valence-electron chi connectivity index (χ3n) is 15.5. The number of hydrogen-bond acceptors (Lipinski definition) is 6. The van der Waals surface area contributed by atoms with Gasteiger partial charge in [-0.05, 0) is 83.5 Å². The molecule has 0 aromatic carbocycles. The molecular formula is C73H132O6. The number of carbonyl (C=O) groups is 3. The van der Waals surface area contributed by atoms with Crippen molar-refractivity contribution in [3.8, 4) is 0 Å². The molecule has 460 valence electrons. The van der Waals surface area contributed by atoms with Gasteiger partial charge in [-0.1, -0.05) is 326 Å². The minimum absolute atomic E-state index is 0.0707. The molecule has 0 aliphatic rings. The summed E-state index contributed by atoms with van der Waals surface area (Å²) in [6, 6.07) is 0. The highest BCUT2D eigenvalue weighted by Gasteiger charge is 2.19. The summed E-state index contributed by atoms with van der Waals surface area (Å²) in [4.78, 5) is 38.3. The predicted octanol–water partition coefficient (Wildman–Crippen LogP) is 23.9. The average Bonchev–Trinajstić information content (AvgIpc) is 3.45. The number of rotatable bonds is 64. The Labute approximate surface area is 491 Å². The van der Waals surface area contributed by atoms with Gasteiger partial charge in [-0.3, -0.25) is 14.4 Å². The highest BCUT2D eigenvalue weighted by atomic mass is 16.6. The molecule has 0 bridgehead atoms. The lowest BCUT2D eigenvalue weighted by molar-refractivity contribution is -0.167. The van der Waals surface area contributed by atoms with Gasteiger partial charge in [-0.2, -0.15) is 0 Å². The average molecular weight is 1110 g/mol. The van der Waals surface area contributed by atoms with Gasteiger partial charge in [0.1, 0.15) is 13.2 Å². The van der Waals surface area contributed by atoms with Crippen LogP contribution in [0.2, 0.25) is 0 Å². The molecule has 0 saturated heterocycles. The molecule has 0 aromatic heterocycles. The van der Waals surface area contributed by atoms with E-state index < -0.39 is 6.10 Å². The van der Waals surface area contributed by atoms with Crippen LogP contribution in [0.5, 0.6) is 0 Å². The van der Waals surface area contributed by atoms with Gasteiger partial charge in [0, 0.05) is 19.3 Å². The van der Waals surface area contributed by atoms with Crippen LogP contribution in [0.3, 0.4) is 0 Å². The van der Waals surface area contributed by atoms with E-state index in [1.165, 1.54) is 238 Å². The third-order valence-corrected chi connectivity index (χ3v) is 15.5. The zero-order valence-corrected chi connectivity index (χ0v) is 52.9. The molecule has 0 radical (unpaired) electrons. The molecule has 0 amide bonds. The molecule has 1 atom stereocenters. The van der Waals surface area contributed by atoms with Crippen molar-refractivity contribution < 1.29 is 28.6 Å².